The van der Waals surface area contributed by atoms with Crippen LogP contribution in [0.2, 0.25) is 0 Å². The molecule has 5 heteroatoms. The van der Waals surface area contributed by atoms with Crippen molar-refractivity contribution >= 4 is 0 Å². The molecule has 1 aromatic heterocycles. The Hall–Kier alpha value is -0.910. The van der Waals surface area contributed by atoms with Crippen molar-refractivity contribution in [3.63, 3.8) is 0 Å². The molecule has 2 atom stereocenters. The number of hydrogen-bond donors (Lipinski definition) is 1. The highest BCUT2D eigenvalue weighted by molar-refractivity contribution is 5.10. The smallest absolute Gasteiger partial charge is 0.0537 e. The molecule has 0 saturated carbocycles. The minimum atomic E-state index is 0.436. The Balaban J connectivity index is 1.56. The Morgan fingerprint density at radius 1 is 1.37 bits per heavy atom. The van der Waals surface area contributed by atoms with Crippen molar-refractivity contribution in [3.05, 3.63) is 18.0 Å². The Labute approximate surface area is 115 Å². The van der Waals surface area contributed by atoms with Crippen LogP contribution < -0.4 is 5.32 Å². The summed E-state index contributed by atoms with van der Waals surface area (Å²) >= 11 is 0. The number of nitrogens with one attached hydrogen (secondary N) is 1. The standard InChI is InChI=1S/C14H25N5/c1-3-14(12-8-16-17(2)10-12)15-9-13-11-18-4-6-19(13)7-5-18/h8,10,13-15H,3-7,9,11H2,1-2H3. The lowest BCUT2D eigenvalue weighted by atomic mass is 10.1. The van der Waals surface area contributed by atoms with E-state index in [0.717, 1.165) is 13.0 Å². The first kappa shape index (κ1) is 13.1. The lowest BCUT2D eigenvalue weighted by Crippen LogP contribution is -2.63. The zero-order chi connectivity index (χ0) is 13.2. The summed E-state index contributed by atoms with van der Waals surface area (Å²) in [4.78, 5) is 5.24. The van der Waals surface area contributed by atoms with E-state index in [1.165, 1.54) is 38.3 Å². The van der Waals surface area contributed by atoms with Crippen LogP contribution in [0.4, 0.5) is 0 Å². The number of nitrogens with zero attached hydrogens (tertiary/aromatic N) is 4. The maximum absolute atomic E-state index is 4.28. The Morgan fingerprint density at radius 2 is 2.16 bits per heavy atom. The highest BCUT2D eigenvalue weighted by Gasteiger charge is 2.31. The van der Waals surface area contributed by atoms with E-state index < -0.39 is 0 Å². The summed E-state index contributed by atoms with van der Waals surface area (Å²) in [6.07, 6.45) is 5.22. The number of hydrogen-bond acceptors (Lipinski definition) is 4. The van der Waals surface area contributed by atoms with E-state index in [0.29, 0.717) is 12.1 Å². The molecule has 106 valence electrons. The molecule has 0 radical (unpaired) electrons. The lowest BCUT2D eigenvalue weighted by molar-refractivity contribution is 0.0126. The van der Waals surface area contributed by atoms with Crippen LogP contribution in [0.3, 0.4) is 0 Å². The molecule has 2 unspecified atom stereocenters. The van der Waals surface area contributed by atoms with Crippen molar-refractivity contribution < 1.29 is 0 Å². The van der Waals surface area contributed by atoms with Crippen molar-refractivity contribution in [2.45, 2.75) is 25.4 Å². The van der Waals surface area contributed by atoms with Gasteiger partial charge in [0.1, 0.15) is 0 Å². The van der Waals surface area contributed by atoms with Crippen LogP contribution in [0.1, 0.15) is 24.9 Å². The molecule has 5 nitrogen and oxygen atoms in total. The van der Waals surface area contributed by atoms with Gasteiger partial charge in [-0.1, -0.05) is 6.92 Å². The van der Waals surface area contributed by atoms with E-state index in [4.69, 9.17) is 0 Å². The molecule has 0 aromatic carbocycles. The predicted molar refractivity (Wildman–Crippen MR) is 76.0 cm³/mol. The van der Waals surface area contributed by atoms with Crippen LogP contribution in [-0.4, -0.2) is 64.9 Å². The summed E-state index contributed by atoms with van der Waals surface area (Å²) < 4.78 is 1.89. The minimum absolute atomic E-state index is 0.436. The molecule has 4 rings (SSSR count). The predicted octanol–water partition coefficient (Wildman–Crippen LogP) is 0.461. The van der Waals surface area contributed by atoms with Gasteiger partial charge in [-0.25, -0.2) is 0 Å². The molecule has 3 aliphatic rings. The molecule has 19 heavy (non-hydrogen) atoms. The largest absolute Gasteiger partial charge is 0.308 e. The zero-order valence-corrected chi connectivity index (χ0v) is 12.0. The summed E-state index contributed by atoms with van der Waals surface area (Å²) in [6, 6.07) is 1.12. The third kappa shape index (κ3) is 2.83. The van der Waals surface area contributed by atoms with Gasteiger partial charge in [-0.05, 0) is 6.42 Å². The van der Waals surface area contributed by atoms with Gasteiger partial charge >= 0.3 is 0 Å². The Kier molecular flexibility index (Phi) is 3.86. The van der Waals surface area contributed by atoms with Gasteiger partial charge in [-0.15, -0.1) is 0 Å². The molecular formula is C14H25N5. The highest BCUT2D eigenvalue weighted by Crippen LogP contribution is 2.18. The molecule has 0 spiro atoms. The third-order valence-electron chi connectivity index (χ3n) is 4.53. The molecule has 0 aliphatic carbocycles. The fourth-order valence-electron chi connectivity index (χ4n) is 3.31. The maximum atomic E-state index is 4.28. The van der Waals surface area contributed by atoms with Crippen molar-refractivity contribution in [1.29, 1.82) is 0 Å². The summed E-state index contributed by atoms with van der Waals surface area (Å²) in [5, 5.41) is 8.01. The second kappa shape index (κ2) is 5.61. The molecule has 3 fully saturated rings. The number of aryl methyl sites for hydroxylation is 1. The summed E-state index contributed by atoms with van der Waals surface area (Å²) in [7, 11) is 1.98. The fourth-order valence-corrected chi connectivity index (χ4v) is 3.31. The molecule has 4 heterocycles. The Morgan fingerprint density at radius 3 is 2.68 bits per heavy atom. The average molecular weight is 263 g/mol. The average Bonchev–Trinajstić information content (AvgIpc) is 2.87. The number of aromatic nitrogens is 2. The van der Waals surface area contributed by atoms with E-state index in [9.17, 15) is 0 Å². The molecule has 0 amide bonds. The van der Waals surface area contributed by atoms with Gasteiger partial charge in [0.2, 0.25) is 0 Å². The third-order valence-corrected chi connectivity index (χ3v) is 4.53. The normalized spacial score (nSPS) is 31.6. The molecule has 3 saturated heterocycles. The number of piperazine rings is 3. The van der Waals surface area contributed by atoms with E-state index in [1.807, 2.05) is 17.9 Å². The van der Waals surface area contributed by atoms with Crippen LogP contribution in [0.5, 0.6) is 0 Å². The van der Waals surface area contributed by atoms with Gasteiger partial charge in [-0.3, -0.25) is 14.5 Å². The van der Waals surface area contributed by atoms with Crippen molar-refractivity contribution in [2.24, 2.45) is 7.05 Å². The lowest BCUT2D eigenvalue weighted by Gasteiger charge is -2.47. The van der Waals surface area contributed by atoms with Crippen LogP contribution in [0.15, 0.2) is 12.4 Å². The van der Waals surface area contributed by atoms with Crippen LogP contribution >= 0.6 is 0 Å². The molecule has 2 bridgehead atoms. The van der Waals surface area contributed by atoms with Gasteiger partial charge < -0.3 is 5.32 Å². The maximum Gasteiger partial charge on any atom is 0.0537 e. The van der Waals surface area contributed by atoms with Crippen LogP contribution in [0, 0.1) is 0 Å². The number of fused-ring (bicyclic) bond motifs is 3. The molecule has 3 aliphatic heterocycles. The second-order valence-electron chi connectivity index (χ2n) is 5.81. The van der Waals surface area contributed by atoms with Crippen LogP contribution in [-0.2, 0) is 7.05 Å². The molecule has 1 aromatic rings. The first-order valence-electron chi connectivity index (χ1n) is 7.44. The van der Waals surface area contributed by atoms with Crippen molar-refractivity contribution in [2.75, 3.05) is 39.3 Å². The first-order valence-corrected chi connectivity index (χ1v) is 7.44. The SMILES string of the molecule is CCC(NCC1CN2CCN1CC2)c1cnn(C)c1. The van der Waals surface area contributed by atoms with E-state index in [-0.39, 0.29) is 0 Å². The van der Waals surface area contributed by atoms with Gasteiger partial charge in [0.25, 0.3) is 0 Å². The van der Waals surface area contributed by atoms with Crippen molar-refractivity contribution in [3.8, 4) is 0 Å². The molecule has 1 N–H and O–H groups in total. The van der Waals surface area contributed by atoms with Crippen molar-refractivity contribution in [1.82, 2.24) is 24.9 Å². The van der Waals surface area contributed by atoms with Gasteiger partial charge in [0.05, 0.1) is 6.20 Å². The van der Waals surface area contributed by atoms with E-state index in [2.05, 4.69) is 33.3 Å². The van der Waals surface area contributed by atoms with Gasteiger partial charge in [0.15, 0.2) is 0 Å². The zero-order valence-electron chi connectivity index (χ0n) is 12.0. The quantitative estimate of drug-likeness (QED) is 0.837. The summed E-state index contributed by atoms with van der Waals surface area (Å²) in [5.74, 6) is 0. The van der Waals surface area contributed by atoms with E-state index in [1.54, 1.807) is 0 Å². The van der Waals surface area contributed by atoms with Gasteiger partial charge in [-0.2, -0.15) is 5.10 Å². The molecular weight excluding hydrogens is 238 g/mol. The highest BCUT2D eigenvalue weighted by atomic mass is 15.3. The monoisotopic (exact) mass is 263 g/mol. The van der Waals surface area contributed by atoms with Crippen LogP contribution in [0.25, 0.3) is 0 Å². The topological polar surface area (TPSA) is 36.3 Å². The summed E-state index contributed by atoms with van der Waals surface area (Å²) in [6.45, 7) is 9.57. The number of rotatable bonds is 5. The summed E-state index contributed by atoms with van der Waals surface area (Å²) in [5.41, 5.74) is 1.31. The minimum Gasteiger partial charge on any atom is -0.308 e. The van der Waals surface area contributed by atoms with E-state index >= 15 is 0 Å². The Bertz CT molecular complexity index is 408. The second-order valence-corrected chi connectivity index (χ2v) is 5.81. The van der Waals surface area contributed by atoms with Gasteiger partial charge in [0, 0.05) is 70.2 Å². The fraction of sp³-hybridized carbons (Fsp3) is 0.786. The first-order chi connectivity index (χ1) is 9.26.